The maximum atomic E-state index is 11.2. The van der Waals surface area contributed by atoms with Gasteiger partial charge in [-0.25, -0.2) is 4.79 Å². The monoisotopic (exact) mass is 464 g/mol. The Balaban J connectivity index is -0.000000561. The van der Waals surface area contributed by atoms with Crippen molar-refractivity contribution in [2.45, 2.75) is 33.8 Å². The molecular weight excluding hydrogens is 424 g/mol. The van der Waals surface area contributed by atoms with Crippen LogP contribution in [0.3, 0.4) is 0 Å². The first-order chi connectivity index (χ1) is 14.9. The Hall–Kier alpha value is -2.31. The van der Waals surface area contributed by atoms with Crippen molar-refractivity contribution in [2.24, 2.45) is 16.0 Å². The smallest absolute Gasteiger partial charge is 0.407 e. The molecule has 0 atom stereocenters. The van der Waals surface area contributed by atoms with E-state index in [1.54, 1.807) is 20.8 Å². The van der Waals surface area contributed by atoms with Crippen molar-refractivity contribution in [3.8, 4) is 0 Å². The predicted molar refractivity (Wildman–Crippen MR) is 121 cm³/mol. The Kier molecular flexibility index (Phi) is 28.7. The molecule has 0 aromatic carbocycles. The van der Waals surface area contributed by atoms with Gasteiger partial charge in [-0.2, -0.15) is 0 Å². The van der Waals surface area contributed by atoms with Crippen LogP contribution in [0, 0.1) is 0 Å². The van der Waals surface area contributed by atoms with Crippen LogP contribution in [0.25, 0.3) is 20.9 Å². The minimum Gasteiger partial charge on any atom is -0.444 e. The van der Waals surface area contributed by atoms with Crippen molar-refractivity contribution in [3.63, 3.8) is 0 Å². The summed E-state index contributed by atoms with van der Waals surface area (Å²) in [7, 11) is 0. The van der Waals surface area contributed by atoms with Gasteiger partial charge < -0.3 is 34.7 Å². The van der Waals surface area contributed by atoms with Gasteiger partial charge in [-0.3, -0.25) is 0 Å². The normalized spacial score (nSPS) is 9.88. The first kappa shape index (κ1) is 34.3. The van der Waals surface area contributed by atoms with Crippen LogP contribution in [-0.2, 0) is 23.7 Å². The van der Waals surface area contributed by atoms with Crippen LogP contribution in [0.15, 0.2) is 10.2 Å². The summed E-state index contributed by atoms with van der Waals surface area (Å²) in [6.45, 7) is 10.7. The van der Waals surface area contributed by atoms with Crippen molar-refractivity contribution >= 4 is 6.09 Å². The summed E-state index contributed by atoms with van der Waals surface area (Å²) in [5.41, 5.74) is 20.6. The van der Waals surface area contributed by atoms with Crippen molar-refractivity contribution in [1.29, 1.82) is 0 Å². The zero-order valence-electron chi connectivity index (χ0n) is 18.7. The Morgan fingerprint density at radius 3 is 1.69 bits per heavy atom. The minimum absolute atomic E-state index is 0. The average Bonchev–Trinajstić information content (AvgIpc) is 2.70. The summed E-state index contributed by atoms with van der Waals surface area (Å²) in [6.07, 6.45) is -0.457. The molecule has 0 aliphatic heterocycles. The quantitative estimate of drug-likeness (QED) is 0.142. The first-order valence-electron chi connectivity index (χ1n) is 9.87. The number of carbonyl (C=O) groups is 1. The number of hydrogen-bond acceptors (Lipinski definition) is 9. The lowest BCUT2D eigenvalue weighted by Crippen LogP contribution is -2.34. The molecule has 32 heavy (non-hydrogen) atoms. The lowest BCUT2D eigenvalue weighted by molar-refractivity contribution is 0.0412. The molecule has 14 nitrogen and oxygen atoms in total. The van der Waals surface area contributed by atoms with E-state index in [0.717, 1.165) is 0 Å². The second-order valence-electron chi connectivity index (χ2n) is 6.58. The number of carbonyl (C=O) groups excluding carboxylic acids is 1. The molecular formula is C18H40N8O6. The van der Waals surface area contributed by atoms with Gasteiger partial charge in [0.2, 0.25) is 0 Å². The van der Waals surface area contributed by atoms with E-state index in [1.807, 2.05) is 0 Å². The van der Waals surface area contributed by atoms with Crippen molar-refractivity contribution in [3.05, 3.63) is 20.9 Å². The van der Waals surface area contributed by atoms with Gasteiger partial charge in [0.15, 0.2) is 0 Å². The van der Waals surface area contributed by atoms with Gasteiger partial charge in [0.25, 0.3) is 0 Å². The van der Waals surface area contributed by atoms with Crippen LogP contribution < -0.4 is 11.1 Å². The number of nitrogens with one attached hydrogen (secondary N) is 1. The van der Waals surface area contributed by atoms with Crippen LogP contribution in [-0.4, -0.2) is 90.7 Å². The van der Waals surface area contributed by atoms with Gasteiger partial charge in [0.1, 0.15) is 5.60 Å². The third-order valence-electron chi connectivity index (χ3n) is 2.72. The standard InChI is InChI=1S/C11H22N4O4.C6H14N4O2.CH4/c1-11(2,3)19-10(16)13-4-6-17-8-9-18-7-5-14-15-12;7-1-3-11-5-6-12-4-2-9-10-8;/h4-9H2,1-3H3,(H,13,16);1-7H2;1H4. The molecule has 0 aromatic heterocycles. The fraction of sp³-hybridized carbons (Fsp3) is 0.944. The number of ether oxygens (including phenoxy) is 5. The maximum absolute atomic E-state index is 11.2. The fourth-order valence-electron chi connectivity index (χ4n) is 1.57. The molecule has 188 valence electrons. The second-order valence-corrected chi connectivity index (χ2v) is 6.58. The van der Waals surface area contributed by atoms with E-state index in [4.69, 9.17) is 40.5 Å². The summed E-state index contributed by atoms with van der Waals surface area (Å²) >= 11 is 0. The predicted octanol–water partition coefficient (Wildman–Crippen LogP) is 2.78. The van der Waals surface area contributed by atoms with E-state index in [1.165, 1.54) is 0 Å². The van der Waals surface area contributed by atoms with E-state index in [2.05, 4.69) is 25.4 Å². The van der Waals surface area contributed by atoms with E-state index >= 15 is 0 Å². The fourth-order valence-corrected chi connectivity index (χ4v) is 1.57. The molecule has 3 N–H and O–H groups in total. The summed E-state index contributed by atoms with van der Waals surface area (Å²) in [6, 6.07) is 0. The Bertz CT molecular complexity index is 520. The summed E-state index contributed by atoms with van der Waals surface area (Å²) in [4.78, 5) is 16.4. The number of amides is 1. The lowest BCUT2D eigenvalue weighted by atomic mass is 10.2. The van der Waals surface area contributed by atoms with Crippen molar-refractivity contribution in [2.75, 3.05) is 79.0 Å². The third-order valence-corrected chi connectivity index (χ3v) is 2.72. The SMILES string of the molecule is C.CC(C)(C)OC(=O)NCCOCCOCCN=[N+]=[N-].[N-]=[N+]=NCCOCCOCCN. The maximum Gasteiger partial charge on any atom is 0.407 e. The molecule has 1 amide bonds. The number of rotatable bonds is 17. The van der Waals surface area contributed by atoms with Gasteiger partial charge in [0.05, 0.1) is 52.9 Å². The molecule has 0 saturated heterocycles. The molecule has 0 unspecified atom stereocenters. The van der Waals surface area contributed by atoms with Crippen LogP contribution >= 0.6 is 0 Å². The molecule has 0 aromatic rings. The second kappa shape index (κ2) is 26.7. The Morgan fingerprint density at radius 2 is 1.28 bits per heavy atom. The number of hydrogen-bond donors (Lipinski definition) is 2. The molecule has 14 heteroatoms. The molecule has 0 radical (unpaired) electrons. The molecule has 0 rings (SSSR count). The average molecular weight is 465 g/mol. The van der Waals surface area contributed by atoms with E-state index in [-0.39, 0.29) is 7.43 Å². The number of nitrogens with two attached hydrogens (primary N) is 1. The van der Waals surface area contributed by atoms with E-state index in [0.29, 0.717) is 79.0 Å². The van der Waals surface area contributed by atoms with Gasteiger partial charge in [-0.1, -0.05) is 17.7 Å². The highest BCUT2D eigenvalue weighted by Crippen LogP contribution is 2.05. The number of alkyl carbamates (subject to hydrolysis) is 1. The van der Waals surface area contributed by atoms with E-state index in [9.17, 15) is 4.79 Å². The summed E-state index contributed by atoms with van der Waals surface area (Å²) in [5.74, 6) is 0. The molecule has 0 heterocycles. The molecule has 0 bridgehead atoms. The van der Waals surface area contributed by atoms with Gasteiger partial charge in [-0.15, -0.1) is 0 Å². The Morgan fingerprint density at radius 1 is 0.844 bits per heavy atom. The van der Waals surface area contributed by atoms with Crippen LogP contribution in [0.1, 0.15) is 28.2 Å². The summed E-state index contributed by atoms with van der Waals surface area (Å²) in [5, 5.41) is 9.20. The molecule has 0 aliphatic rings. The lowest BCUT2D eigenvalue weighted by Gasteiger charge is -2.19. The van der Waals surface area contributed by atoms with Gasteiger partial charge >= 0.3 is 6.09 Å². The zero-order chi connectivity index (χ0) is 23.6. The van der Waals surface area contributed by atoms with Crippen LogP contribution in [0.5, 0.6) is 0 Å². The highest BCUT2D eigenvalue weighted by atomic mass is 16.6. The highest BCUT2D eigenvalue weighted by Gasteiger charge is 2.15. The largest absolute Gasteiger partial charge is 0.444 e. The summed E-state index contributed by atoms with van der Waals surface area (Å²) < 4.78 is 25.5. The molecule has 0 saturated carbocycles. The Labute approximate surface area is 190 Å². The number of nitrogens with zero attached hydrogens (tertiary/aromatic N) is 6. The zero-order valence-corrected chi connectivity index (χ0v) is 18.7. The van der Waals surface area contributed by atoms with Crippen molar-refractivity contribution < 1.29 is 28.5 Å². The molecule has 0 spiro atoms. The van der Waals surface area contributed by atoms with Crippen LogP contribution in [0.2, 0.25) is 0 Å². The minimum atomic E-state index is -0.495. The number of azide groups is 2. The van der Waals surface area contributed by atoms with Gasteiger partial charge in [-0.05, 0) is 31.8 Å². The molecule has 0 fully saturated rings. The topological polar surface area (TPSA) is 199 Å². The third kappa shape index (κ3) is 35.1. The van der Waals surface area contributed by atoms with Crippen LogP contribution in [0.4, 0.5) is 4.79 Å². The molecule has 0 aliphatic carbocycles. The van der Waals surface area contributed by atoms with Crippen molar-refractivity contribution in [1.82, 2.24) is 5.32 Å². The van der Waals surface area contributed by atoms with E-state index < -0.39 is 11.7 Å². The van der Waals surface area contributed by atoms with Gasteiger partial charge in [0, 0.05) is 36.0 Å². The first-order valence-corrected chi connectivity index (χ1v) is 9.87. The highest BCUT2D eigenvalue weighted by molar-refractivity contribution is 5.67.